The van der Waals surface area contributed by atoms with Gasteiger partial charge in [-0.2, -0.15) is 0 Å². The van der Waals surface area contributed by atoms with Crippen LogP contribution in [0.5, 0.6) is 0 Å². The molecule has 2 aromatic heterocycles. The zero-order valence-corrected chi connectivity index (χ0v) is 9.74. The van der Waals surface area contributed by atoms with Gasteiger partial charge in [-0.05, 0) is 38.1 Å². The van der Waals surface area contributed by atoms with E-state index in [1.165, 1.54) is 18.5 Å². The van der Waals surface area contributed by atoms with Gasteiger partial charge >= 0.3 is 0 Å². The summed E-state index contributed by atoms with van der Waals surface area (Å²) in [5.74, 6) is 0.597. The monoisotopic (exact) mass is 235 g/mol. The summed E-state index contributed by atoms with van der Waals surface area (Å²) in [5, 5.41) is 4.12. The molecule has 0 radical (unpaired) electrons. The van der Waals surface area contributed by atoms with Gasteiger partial charge in [-0.3, -0.25) is 0 Å². The van der Waals surface area contributed by atoms with Crippen molar-refractivity contribution in [2.75, 3.05) is 13.1 Å². The molecule has 0 spiro atoms. The third kappa shape index (κ3) is 1.81. The standard InChI is InChI=1S/C12H14ClN3/c13-10-3-6-16-8-11(15-12(16)7-10)9-1-4-14-5-2-9/h3,6-9,14H,1-2,4-5H2. The van der Waals surface area contributed by atoms with Crippen LogP contribution < -0.4 is 5.32 Å². The van der Waals surface area contributed by atoms with Gasteiger partial charge in [0.25, 0.3) is 0 Å². The minimum atomic E-state index is 0.597. The van der Waals surface area contributed by atoms with Crippen LogP contribution in [0.4, 0.5) is 0 Å². The lowest BCUT2D eigenvalue weighted by molar-refractivity contribution is 0.454. The van der Waals surface area contributed by atoms with Crippen molar-refractivity contribution in [2.24, 2.45) is 0 Å². The molecule has 1 N–H and O–H groups in total. The van der Waals surface area contributed by atoms with Gasteiger partial charge in [-0.25, -0.2) is 4.98 Å². The maximum Gasteiger partial charge on any atom is 0.138 e. The van der Waals surface area contributed by atoms with Gasteiger partial charge in [0.2, 0.25) is 0 Å². The second kappa shape index (κ2) is 4.07. The Bertz CT molecular complexity index is 500. The van der Waals surface area contributed by atoms with Crippen LogP contribution in [0.2, 0.25) is 5.02 Å². The highest BCUT2D eigenvalue weighted by molar-refractivity contribution is 6.30. The molecule has 0 aliphatic carbocycles. The number of halogens is 1. The van der Waals surface area contributed by atoms with E-state index in [0.29, 0.717) is 5.92 Å². The lowest BCUT2D eigenvalue weighted by Crippen LogP contribution is -2.26. The fourth-order valence-electron chi connectivity index (χ4n) is 2.29. The van der Waals surface area contributed by atoms with Gasteiger partial charge in [-0.1, -0.05) is 11.6 Å². The Morgan fingerprint density at radius 1 is 1.38 bits per heavy atom. The molecule has 1 aliphatic heterocycles. The maximum atomic E-state index is 5.95. The number of nitrogens with one attached hydrogen (secondary N) is 1. The molecule has 0 bridgehead atoms. The molecule has 3 rings (SSSR count). The van der Waals surface area contributed by atoms with E-state index in [4.69, 9.17) is 11.6 Å². The lowest BCUT2D eigenvalue weighted by Gasteiger charge is -2.20. The van der Waals surface area contributed by atoms with Crippen LogP contribution in [0.1, 0.15) is 24.5 Å². The van der Waals surface area contributed by atoms with Gasteiger partial charge < -0.3 is 9.72 Å². The van der Waals surface area contributed by atoms with E-state index in [2.05, 4.69) is 16.5 Å². The van der Waals surface area contributed by atoms with Gasteiger partial charge in [0.05, 0.1) is 5.69 Å². The third-order valence-corrected chi connectivity index (χ3v) is 3.43. The number of nitrogens with zero attached hydrogens (tertiary/aromatic N) is 2. The van der Waals surface area contributed by atoms with E-state index in [1.54, 1.807) is 0 Å². The van der Waals surface area contributed by atoms with E-state index in [0.717, 1.165) is 23.8 Å². The number of piperidine rings is 1. The average molecular weight is 236 g/mol. The van der Waals surface area contributed by atoms with E-state index in [1.807, 2.05) is 22.7 Å². The summed E-state index contributed by atoms with van der Waals surface area (Å²) < 4.78 is 2.04. The number of hydrogen-bond acceptors (Lipinski definition) is 2. The number of aromatic nitrogens is 2. The molecular formula is C12H14ClN3. The number of imidazole rings is 1. The zero-order valence-electron chi connectivity index (χ0n) is 8.99. The van der Waals surface area contributed by atoms with Crippen molar-refractivity contribution in [2.45, 2.75) is 18.8 Å². The summed E-state index contributed by atoms with van der Waals surface area (Å²) in [4.78, 5) is 4.65. The highest BCUT2D eigenvalue weighted by Crippen LogP contribution is 2.25. The number of rotatable bonds is 1. The van der Waals surface area contributed by atoms with Gasteiger partial charge in [0, 0.05) is 23.3 Å². The van der Waals surface area contributed by atoms with Crippen LogP contribution in [0.25, 0.3) is 5.65 Å². The Labute approximate surface area is 99.4 Å². The van der Waals surface area contributed by atoms with Crippen molar-refractivity contribution in [1.29, 1.82) is 0 Å². The molecule has 4 heteroatoms. The van der Waals surface area contributed by atoms with Crippen LogP contribution in [-0.2, 0) is 0 Å². The molecule has 1 fully saturated rings. The smallest absolute Gasteiger partial charge is 0.138 e. The molecule has 0 aromatic carbocycles. The molecule has 1 saturated heterocycles. The predicted octanol–water partition coefficient (Wildman–Crippen LogP) is 2.45. The Hall–Kier alpha value is -1.06. The number of pyridine rings is 1. The first-order chi connectivity index (χ1) is 7.83. The highest BCUT2D eigenvalue weighted by atomic mass is 35.5. The SMILES string of the molecule is Clc1ccn2cc(C3CCNCC3)nc2c1. The third-order valence-electron chi connectivity index (χ3n) is 3.20. The Kier molecular flexibility index (Phi) is 2.58. The molecule has 0 saturated carbocycles. The summed E-state index contributed by atoms with van der Waals surface area (Å²) in [7, 11) is 0. The second-order valence-electron chi connectivity index (χ2n) is 4.30. The Morgan fingerprint density at radius 3 is 3.00 bits per heavy atom. The van der Waals surface area contributed by atoms with Crippen molar-refractivity contribution in [1.82, 2.24) is 14.7 Å². The van der Waals surface area contributed by atoms with E-state index < -0.39 is 0 Å². The molecule has 0 atom stereocenters. The summed E-state index contributed by atoms with van der Waals surface area (Å²) >= 11 is 5.95. The molecular weight excluding hydrogens is 222 g/mol. The van der Waals surface area contributed by atoms with Crippen molar-refractivity contribution in [3.63, 3.8) is 0 Å². The van der Waals surface area contributed by atoms with Crippen molar-refractivity contribution < 1.29 is 0 Å². The fraction of sp³-hybridized carbons (Fsp3) is 0.417. The molecule has 2 aromatic rings. The van der Waals surface area contributed by atoms with Crippen molar-refractivity contribution in [3.05, 3.63) is 35.2 Å². The number of hydrogen-bond donors (Lipinski definition) is 1. The van der Waals surface area contributed by atoms with E-state index >= 15 is 0 Å². The van der Waals surface area contributed by atoms with Crippen molar-refractivity contribution >= 4 is 17.2 Å². The summed E-state index contributed by atoms with van der Waals surface area (Å²) in [6.07, 6.45) is 6.45. The molecule has 84 valence electrons. The van der Waals surface area contributed by atoms with E-state index in [9.17, 15) is 0 Å². The summed E-state index contributed by atoms with van der Waals surface area (Å²) in [6.45, 7) is 2.19. The highest BCUT2D eigenvalue weighted by Gasteiger charge is 2.17. The van der Waals surface area contributed by atoms with Crippen LogP contribution in [-0.4, -0.2) is 22.5 Å². The fourth-order valence-corrected chi connectivity index (χ4v) is 2.44. The van der Waals surface area contributed by atoms with Gasteiger partial charge in [-0.15, -0.1) is 0 Å². The van der Waals surface area contributed by atoms with Crippen LogP contribution in [0.15, 0.2) is 24.5 Å². The summed E-state index contributed by atoms with van der Waals surface area (Å²) in [5.41, 5.74) is 2.14. The normalized spacial score (nSPS) is 18.1. The van der Waals surface area contributed by atoms with Crippen LogP contribution in [0.3, 0.4) is 0 Å². The second-order valence-corrected chi connectivity index (χ2v) is 4.74. The zero-order chi connectivity index (χ0) is 11.0. The van der Waals surface area contributed by atoms with E-state index in [-0.39, 0.29) is 0 Å². The van der Waals surface area contributed by atoms with Gasteiger partial charge in [0.15, 0.2) is 0 Å². The van der Waals surface area contributed by atoms with Crippen LogP contribution in [0, 0.1) is 0 Å². The van der Waals surface area contributed by atoms with Crippen molar-refractivity contribution in [3.8, 4) is 0 Å². The molecule has 0 unspecified atom stereocenters. The average Bonchev–Trinajstić information content (AvgIpc) is 2.73. The largest absolute Gasteiger partial charge is 0.317 e. The predicted molar refractivity (Wildman–Crippen MR) is 65.0 cm³/mol. The minimum absolute atomic E-state index is 0.597. The Morgan fingerprint density at radius 2 is 2.19 bits per heavy atom. The quantitative estimate of drug-likeness (QED) is 0.823. The molecule has 3 heterocycles. The molecule has 16 heavy (non-hydrogen) atoms. The minimum Gasteiger partial charge on any atom is -0.317 e. The Balaban J connectivity index is 1.97. The first kappa shape index (κ1) is 10.1. The summed E-state index contributed by atoms with van der Waals surface area (Å²) in [6, 6.07) is 3.80. The number of fused-ring (bicyclic) bond motifs is 1. The van der Waals surface area contributed by atoms with Gasteiger partial charge in [0.1, 0.15) is 5.65 Å². The first-order valence-electron chi connectivity index (χ1n) is 5.68. The molecule has 3 nitrogen and oxygen atoms in total. The topological polar surface area (TPSA) is 29.3 Å². The van der Waals surface area contributed by atoms with Crippen LogP contribution >= 0.6 is 11.6 Å². The molecule has 0 amide bonds. The maximum absolute atomic E-state index is 5.95. The molecule has 1 aliphatic rings. The first-order valence-corrected chi connectivity index (χ1v) is 6.05. The lowest BCUT2D eigenvalue weighted by atomic mass is 9.95.